The normalized spacial score (nSPS) is 11.1. The molecule has 2 N–H and O–H groups in total. The van der Waals surface area contributed by atoms with E-state index in [1.807, 2.05) is 42.0 Å². The molecule has 0 bridgehead atoms. The lowest BCUT2D eigenvalue weighted by atomic mass is 10.1. The molecule has 0 fully saturated rings. The van der Waals surface area contributed by atoms with Crippen molar-refractivity contribution in [3.8, 4) is 11.4 Å². The monoisotopic (exact) mass is 644 g/mol. The number of pyridine rings is 2. The number of rotatable bonds is 10. The summed E-state index contributed by atoms with van der Waals surface area (Å²) in [5, 5.41) is 12.9. The lowest BCUT2D eigenvalue weighted by Crippen LogP contribution is -2.37. The van der Waals surface area contributed by atoms with E-state index in [2.05, 4.69) is 15.3 Å². The summed E-state index contributed by atoms with van der Waals surface area (Å²) in [5.41, 5.74) is 3.64. The van der Waals surface area contributed by atoms with Crippen molar-refractivity contribution in [3.63, 3.8) is 0 Å². The van der Waals surface area contributed by atoms with Crippen LogP contribution in [0.3, 0.4) is 0 Å². The van der Waals surface area contributed by atoms with Gasteiger partial charge in [0.05, 0.1) is 29.3 Å². The number of hydrogen-bond donors (Lipinski definition) is 2. The molecular formula is C32H26Cl2N6O5. The van der Waals surface area contributed by atoms with Crippen LogP contribution in [0.2, 0.25) is 10.0 Å². The molecular weight excluding hydrogens is 619 g/mol. The number of fused-ring (bicyclic) bond motifs is 1. The summed E-state index contributed by atoms with van der Waals surface area (Å²) in [6, 6.07) is 13.7. The Kier molecular flexibility index (Phi) is 9.41. The molecule has 0 saturated carbocycles. The van der Waals surface area contributed by atoms with E-state index in [1.54, 1.807) is 24.7 Å². The molecule has 228 valence electrons. The van der Waals surface area contributed by atoms with Crippen molar-refractivity contribution < 1.29 is 24.2 Å². The van der Waals surface area contributed by atoms with Crippen molar-refractivity contribution in [2.24, 2.45) is 0 Å². The summed E-state index contributed by atoms with van der Waals surface area (Å²) < 4.78 is 8.10. The van der Waals surface area contributed by atoms with Gasteiger partial charge in [-0.1, -0.05) is 41.4 Å². The van der Waals surface area contributed by atoms with Gasteiger partial charge in [0.1, 0.15) is 23.6 Å². The van der Waals surface area contributed by atoms with Gasteiger partial charge in [-0.15, -0.1) is 0 Å². The van der Waals surface area contributed by atoms with Crippen LogP contribution in [0.15, 0.2) is 79.5 Å². The van der Waals surface area contributed by atoms with Gasteiger partial charge in [0.25, 0.3) is 0 Å². The minimum Gasteiger partial charge on any atom is -0.487 e. The zero-order valence-corrected chi connectivity index (χ0v) is 25.6. The van der Waals surface area contributed by atoms with Gasteiger partial charge in [-0.2, -0.15) is 0 Å². The quantitative estimate of drug-likeness (QED) is 0.190. The van der Waals surface area contributed by atoms with Gasteiger partial charge in [0, 0.05) is 53.4 Å². The predicted octanol–water partition coefficient (Wildman–Crippen LogP) is 5.50. The number of carbonyl (C=O) groups is 3. The van der Waals surface area contributed by atoms with Gasteiger partial charge in [-0.25, -0.2) is 19.7 Å². The van der Waals surface area contributed by atoms with Crippen molar-refractivity contribution in [2.75, 3.05) is 18.5 Å². The SMILES string of the molecule is Cc1cc(-n2ccnc2)c2cccc(OCc3c(Cl)ccc(N(C)C(=O)CNC(=O)C=Cc4ccc(C(=O)O)nc4)c3Cl)c2n1. The van der Waals surface area contributed by atoms with Crippen LogP contribution in [-0.2, 0) is 16.2 Å². The molecule has 5 aromatic rings. The summed E-state index contributed by atoms with van der Waals surface area (Å²) in [6.45, 7) is 1.60. The summed E-state index contributed by atoms with van der Waals surface area (Å²) in [4.78, 5) is 50.1. The summed E-state index contributed by atoms with van der Waals surface area (Å²) in [6.07, 6.45) is 9.28. The molecule has 0 unspecified atom stereocenters. The number of nitrogens with zero attached hydrogens (tertiary/aromatic N) is 5. The van der Waals surface area contributed by atoms with Crippen LogP contribution in [-0.4, -0.2) is 56.0 Å². The highest BCUT2D eigenvalue weighted by atomic mass is 35.5. The number of anilines is 1. The van der Waals surface area contributed by atoms with E-state index in [-0.39, 0.29) is 23.9 Å². The van der Waals surface area contributed by atoms with Gasteiger partial charge in [-0.3, -0.25) is 9.59 Å². The fourth-order valence-corrected chi connectivity index (χ4v) is 5.07. The van der Waals surface area contributed by atoms with E-state index in [4.69, 9.17) is 38.0 Å². The second kappa shape index (κ2) is 13.6. The number of nitrogens with one attached hydrogen (secondary N) is 1. The van der Waals surface area contributed by atoms with Crippen molar-refractivity contribution in [2.45, 2.75) is 13.5 Å². The number of para-hydroxylation sites is 1. The number of hydrogen-bond acceptors (Lipinski definition) is 7. The van der Waals surface area contributed by atoms with Crippen molar-refractivity contribution in [1.82, 2.24) is 24.8 Å². The maximum Gasteiger partial charge on any atom is 0.354 e. The maximum atomic E-state index is 12.9. The average molecular weight is 646 g/mol. The molecule has 2 aromatic carbocycles. The molecule has 5 rings (SSSR count). The summed E-state index contributed by atoms with van der Waals surface area (Å²) in [7, 11) is 1.54. The van der Waals surface area contributed by atoms with Crippen molar-refractivity contribution in [3.05, 3.63) is 112 Å². The minimum absolute atomic E-state index is 0.00646. The Hall–Kier alpha value is -5.26. The molecule has 3 aromatic heterocycles. The molecule has 0 aliphatic rings. The molecule has 0 saturated heterocycles. The molecule has 11 nitrogen and oxygen atoms in total. The van der Waals surface area contributed by atoms with E-state index in [0.717, 1.165) is 16.8 Å². The number of aromatic carboxylic acids is 1. The highest BCUT2D eigenvalue weighted by Crippen LogP contribution is 2.36. The topological polar surface area (TPSA) is 140 Å². The lowest BCUT2D eigenvalue weighted by molar-refractivity contribution is -0.122. The van der Waals surface area contributed by atoms with E-state index in [9.17, 15) is 14.4 Å². The summed E-state index contributed by atoms with van der Waals surface area (Å²) >= 11 is 13.2. The number of aromatic nitrogens is 4. The molecule has 0 aliphatic carbocycles. The smallest absolute Gasteiger partial charge is 0.354 e. The largest absolute Gasteiger partial charge is 0.487 e. The first-order valence-corrected chi connectivity index (χ1v) is 14.3. The molecule has 45 heavy (non-hydrogen) atoms. The molecule has 2 amide bonds. The standard InChI is InChI=1S/C32H26Cl2N6O5/c1-19-14-26(40-13-12-35-18-40)21-4-3-5-27(31(21)38-19)45-17-22-23(33)8-10-25(30(22)34)39(2)29(42)16-37-28(41)11-7-20-6-9-24(32(43)44)36-15-20/h3-15,18H,16-17H2,1-2H3,(H,37,41)(H,43,44). The number of carbonyl (C=O) groups excluding carboxylic acids is 2. The van der Waals surface area contributed by atoms with Crippen molar-refractivity contribution >= 4 is 63.7 Å². The predicted molar refractivity (Wildman–Crippen MR) is 171 cm³/mol. The van der Waals surface area contributed by atoms with Crippen molar-refractivity contribution in [1.29, 1.82) is 0 Å². The summed E-state index contributed by atoms with van der Waals surface area (Å²) in [5.74, 6) is -1.57. The van der Waals surface area contributed by atoms with E-state index >= 15 is 0 Å². The second-order valence-electron chi connectivity index (χ2n) is 9.84. The Morgan fingerprint density at radius 2 is 1.96 bits per heavy atom. The van der Waals surface area contributed by atoms with Crippen LogP contribution in [0.5, 0.6) is 5.75 Å². The second-order valence-corrected chi connectivity index (χ2v) is 10.6. The Morgan fingerprint density at radius 3 is 2.67 bits per heavy atom. The molecule has 3 heterocycles. The number of halogens is 2. The van der Waals surface area contributed by atoms with E-state index in [0.29, 0.717) is 33.1 Å². The molecule has 13 heteroatoms. The highest BCUT2D eigenvalue weighted by Gasteiger charge is 2.20. The maximum absolute atomic E-state index is 12.9. The fraction of sp³-hybridized carbons (Fsp3) is 0.125. The first-order valence-electron chi connectivity index (χ1n) is 13.5. The number of amides is 2. The van der Waals surface area contributed by atoms with Crippen LogP contribution >= 0.6 is 23.2 Å². The molecule has 0 spiro atoms. The number of carboxylic acids is 1. The average Bonchev–Trinajstić information content (AvgIpc) is 3.57. The molecule has 0 aliphatic heterocycles. The number of ether oxygens (including phenoxy) is 1. The highest BCUT2D eigenvalue weighted by molar-refractivity contribution is 6.38. The van der Waals surface area contributed by atoms with Gasteiger partial charge in [-0.05, 0) is 48.9 Å². The third kappa shape index (κ3) is 7.11. The number of likely N-dealkylation sites (N-methyl/N-ethyl adjacent to an activating group) is 1. The Labute approximate surface area is 267 Å². The number of imidazole rings is 1. The molecule has 0 atom stereocenters. The Morgan fingerprint density at radius 1 is 1.13 bits per heavy atom. The van der Waals surface area contributed by atoms with Crippen LogP contribution in [0.1, 0.15) is 27.3 Å². The van der Waals surface area contributed by atoms with Crippen LogP contribution in [0.25, 0.3) is 22.7 Å². The zero-order valence-electron chi connectivity index (χ0n) is 24.1. The van der Waals surface area contributed by atoms with Crippen LogP contribution < -0.4 is 15.0 Å². The van der Waals surface area contributed by atoms with E-state index in [1.165, 1.54) is 42.4 Å². The third-order valence-corrected chi connectivity index (χ3v) is 7.59. The fourth-order valence-electron chi connectivity index (χ4n) is 4.46. The lowest BCUT2D eigenvalue weighted by Gasteiger charge is -2.21. The Bertz CT molecular complexity index is 1930. The number of aryl methyl sites for hydroxylation is 1. The number of benzene rings is 2. The van der Waals surface area contributed by atoms with Gasteiger partial charge in [0.2, 0.25) is 11.8 Å². The van der Waals surface area contributed by atoms with Crippen LogP contribution in [0.4, 0.5) is 5.69 Å². The molecule has 0 radical (unpaired) electrons. The first-order chi connectivity index (χ1) is 21.6. The van der Waals surface area contributed by atoms with Gasteiger partial charge >= 0.3 is 5.97 Å². The number of carboxylic acid groups (broad SMARTS) is 1. The van der Waals surface area contributed by atoms with Gasteiger partial charge < -0.3 is 24.6 Å². The van der Waals surface area contributed by atoms with Gasteiger partial charge in [0.15, 0.2) is 0 Å². The zero-order chi connectivity index (χ0) is 32.1. The van der Waals surface area contributed by atoms with Crippen LogP contribution in [0, 0.1) is 6.92 Å². The van der Waals surface area contributed by atoms with E-state index < -0.39 is 17.8 Å². The third-order valence-electron chi connectivity index (χ3n) is 6.81. The first kappa shape index (κ1) is 31.2. The Balaban J connectivity index is 1.27. The minimum atomic E-state index is -1.15.